The number of allylic oxidation sites excluding steroid dienone is 1. The highest BCUT2D eigenvalue weighted by atomic mass is 15.3. The third-order valence-corrected chi connectivity index (χ3v) is 4.64. The van der Waals surface area contributed by atoms with E-state index >= 15 is 0 Å². The number of rotatable bonds is 7. The Labute approximate surface area is 156 Å². The summed E-state index contributed by atoms with van der Waals surface area (Å²) in [7, 11) is 0. The summed E-state index contributed by atoms with van der Waals surface area (Å²) in [5.41, 5.74) is 8.54. The van der Waals surface area contributed by atoms with Crippen molar-refractivity contribution >= 4 is 16.3 Å². The molecule has 0 N–H and O–H groups in total. The smallest absolute Gasteiger partial charge is 0.0805 e. The monoisotopic (exact) mass is 344 g/mol. The Morgan fingerprint density at radius 3 is 2.58 bits per heavy atom. The lowest BCUT2D eigenvalue weighted by Gasteiger charge is -2.15. The van der Waals surface area contributed by atoms with E-state index in [0.717, 1.165) is 12.1 Å². The van der Waals surface area contributed by atoms with Gasteiger partial charge in [-0.05, 0) is 43.7 Å². The Morgan fingerprint density at radius 1 is 1.00 bits per heavy atom. The van der Waals surface area contributed by atoms with Crippen LogP contribution in [0.4, 0.5) is 0 Å². The van der Waals surface area contributed by atoms with Crippen LogP contribution >= 0.6 is 0 Å². The molecule has 3 rings (SSSR count). The van der Waals surface area contributed by atoms with E-state index in [2.05, 4.69) is 68.0 Å². The Balaban J connectivity index is 2.15. The summed E-state index contributed by atoms with van der Waals surface area (Å²) < 4.78 is 2.00. The topological polar surface area (TPSA) is 17.8 Å². The third-order valence-electron chi connectivity index (χ3n) is 4.64. The van der Waals surface area contributed by atoms with E-state index in [-0.39, 0.29) is 0 Å². The van der Waals surface area contributed by atoms with Gasteiger partial charge in [0.15, 0.2) is 0 Å². The van der Waals surface area contributed by atoms with Crippen LogP contribution in [0.2, 0.25) is 0 Å². The molecule has 0 saturated carbocycles. The van der Waals surface area contributed by atoms with Crippen LogP contribution < -0.4 is 0 Å². The minimum absolute atomic E-state index is 1.05. The normalized spacial score (nSPS) is 10.7. The molecule has 26 heavy (non-hydrogen) atoms. The molecule has 134 valence electrons. The van der Waals surface area contributed by atoms with Crippen molar-refractivity contribution in [1.82, 2.24) is 9.78 Å². The number of fused-ring (bicyclic) bond motifs is 1. The summed E-state index contributed by atoms with van der Waals surface area (Å²) in [5, 5.41) is 7.01. The maximum Gasteiger partial charge on any atom is 0.0805 e. The van der Waals surface area contributed by atoms with Gasteiger partial charge in [-0.3, -0.25) is 0 Å². The fraction of sp³-hybridized carbons (Fsp3) is 0.333. The number of nitrogens with zero attached hydrogens (tertiary/aromatic N) is 2. The molecule has 0 unspecified atom stereocenters. The molecule has 0 fully saturated rings. The van der Waals surface area contributed by atoms with Gasteiger partial charge in [-0.2, -0.15) is 5.10 Å². The molecule has 2 aromatic carbocycles. The van der Waals surface area contributed by atoms with Gasteiger partial charge < -0.3 is 0 Å². The van der Waals surface area contributed by atoms with Gasteiger partial charge in [-0.1, -0.05) is 62.6 Å². The van der Waals surface area contributed by atoms with Gasteiger partial charge in [0.25, 0.3) is 0 Å². The van der Waals surface area contributed by atoms with E-state index in [1.165, 1.54) is 53.2 Å². The maximum atomic E-state index is 4.54. The molecule has 0 aliphatic carbocycles. The molecule has 1 heterocycles. The zero-order valence-electron chi connectivity index (χ0n) is 16.1. The van der Waals surface area contributed by atoms with Crippen molar-refractivity contribution in [3.63, 3.8) is 0 Å². The highest BCUT2D eigenvalue weighted by Crippen LogP contribution is 2.32. The van der Waals surface area contributed by atoms with Gasteiger partial charge in [0, 0.05) is 28.9 Å². The van der Waals surface area contributed by atoms with E-state index in [0.29, 0.717) is 0 Å². The lowest BCUT2D eigenvalue weighted by Crippen LogP contribution is -2.01. The summed E-state index contributed by atoms with van der Waals surface area (Å²) in [6.45, 7) is 6.51. The number of aromatic nitrogens is 2. The molecule has 0 bridgehead atoms. The second kappa shape index (κ2) is 8.69. The average molecular weight is 345 g/mol. The number of hydrogen-bond donors (Lipinski definition) is 0. The Hall–Kier alpha value is -2.57. The quantitative estimate of drug-likeness (QED) is 0.335. The lowest BCUT2D eigenvalue weighted by molar-refractivity contribution is 0.678. The SMILES string of the molecule is CCCCCCC(=C=C(C)C)c1ccc2ccccc2c1-n1cccn1. The zero-order chi connectivity index (χ0) is 18.4. The molecule has 0 amide bonds. The highest BCUT2D eigenvalue weighted by molar-refractivity contribution is 5.95. The molecule has 0 atom stereocenters. The largest absolute Gasteiger partial charge is 0.240 e. The van der Waals surface area contributed by atoms with Crippen molar-refractivity contribution in [3.8, 4) is 5.69 Å². The van der Waals surface area contributed by atoms with E-state index in [1.54, 1.807) is 0 Å². The first kappa shape index (κ1) is 18.2. The maximum absolute atomic E-state index is 4.54. The first-order chi connectivity index (χ1) is 12.7. The van der Waals surface area contributed by atoms with Crippen LogP contribution in [0.1, 0.15) is 58.4 Å². The fourth-order valence-electron chi connectivity index (χ4n) is 3.44. The zero-order valence-corrected chi connectivity index (χ0v) is 16.1. The van der Waals surface area contributed by atoms with E-state index in [1.807, 2.05) is 23.1 Å². The summed E-state index contributed by atoms with van der Waals surface area (Å²) in [6, 6.07) is 15.0. The van der Waals surface area contributed by atoms with Gasteiger partial charge in [-0.25, -0.2) is 4.68 Å². The molecule has 0 aliphatic rings. The number of unbranched alkanes of at least 4 members (excludes halogenated alkanes) is 3. The van der Waals surface area contributed by atoms with Crippen molar-refractivity contribution in [3.05, 3.63) is 71.7 Å². The summed E-state index contributed by atoms with van der Waals surface area (Å²) in [6.07, 6.45) is 9.96. The second-order valence-corrected chi connectivity index (χ2v) is 7.05. The molecule has 0 radical (unpaired) electrons. The van der Waals surface area contributed by atoms with Crippen LogP contribution in [0.25, 0.3) is 22.0 Å². The van der Waals surface area contributed by atoms with Crippen LogP contribution in [0.3, 0.4) is 0 Å². The number of hydrogen-bond acceptors (Lipinski definition) is 1. The van der Waals surface area contributed by atoms with Gasteiger partial charge in [0.1, 0.15) is 0 Å². The Bertz CT molecular complexity index is 922. The van der Waals surface area contributed by atoms with Crippen molar-refractivity contribution < 1.29 is 0 Å². The van der Waals surface area contributed by atoms with E-state index in [4.69, 9.17) is 0 Å². The van der Waals surface area contributed by atoms with E-state index in [9.17, 15) is 0 Å². The van der Waals surface area contributed by atoms with Crippen molar-refractivity contribution in [2.45, 2.75) is 52.9 Å². The van der Waals surface area contributed by atoms with Crippen molar-refractivity contribution in [2.75, 3.05) is 0 Å². The van der Waals surface area contributed by atoms with Crippen molar-refractivity contribution in [2.24, 2.45) is 0 Å². The van der Waals surface area contributed by atoms with Crippen LogP contribution in [-0.4, -0.2) is 9.78 Å². The van der Waals surface area contributed by atoms with Crippen LogP contribution in [0.5, 0.6) is 0 Å². The molecule has 1 aromatic heterocycles. The Kier molecular flexibility index (Phi) is 6.09. The molecule has 0 spiro atoms. The second-order valence-electron chi connectivity index (χ2n) is 7.05. The highest BCUT2D eigenvalue weighted by Gasteiger charge is 2.13. The van der Waals surface area contributed by atoms with Gasteiger partial charge in [-0.15, -0.1) is 5.73 Å². The van der Waals surface area contributed by atoms with Crippen molar-refractivity contribution in [1.29, 1.82) is 0 Å². The minimum Gasteiger partial charge on any atom is -0.240 e. The lowest BCUT2D eigenvalue weighted by atomic mass is 9.94. The minimum atomic E-state index is 1.05. The number of benzene rings is 2. The first-order valence-corrected chi connectivity index (χ1v) is 9.66. The molecular weight excluding hydrogens is 316 g/mol. The standard InChI is InChI=1S/C24H28N2/c1-4-5-6-7-12-21(18-19(2)3)23-15-14-20-11-8-9-13-22(20)24(23)26-17-10-16-25-26/h8-11,13-17H,4-7,12H2,1-3H3. The van der Waals surface area contributed by atoms with Crippen LogP contribution in [0, 0.1) is 0 Å². The predicted molar refractivity (Wildman–Crippen MR) is 112 cm³/mol. The molecule has 2 heteroatoms. The summed E-state index contributed by atoms with van der Waals surface area (Å²) in [5.74, 6) is 0. The molecule has 2 nitrogen and oxygen atoms in total. The first-order valence-electron chi connectivity index (χ1n) is 9.66. The van der Waals surface area contributed by atoms with Crippen LogP contribution in [0.15, 0.2) is 66.2 Å². The summed E-state index contributed by atoms with van der Waals surface area (Å²) >= 11 is 0. The Morgan fingerprint density at radius 2 is 1.85 bits per heavy atom. The third kappa shape index (κ3) is 4.15. The molecule has 3 aromatic rings. The van der Waals surface area contributed by atoms with Gasteiger partial charge in [0.05, 0.1) is 5.69 Å². The average Bonchev–Trinajstić information content (AvgIpc) is 3.17. The van der Waals surface area contributed by atoms with Gasteiger partial charge in [0.2, 0.25) is 0 Å². The summed E-state index contributed by atoms with van der Waals surface area (Å²) in [4.78, 5) is 0. The predicted octanol–water partition coefficient (Wildman–Crippen LogP) is 6.94. The van der Waals surface area contributed by atoms with Gasteiger partial charge >= 0.3 is 0 Å². The molecular formula is C24H28N2. The molecule has 0 saturated heterocycles. The fourth-order valence-corrected chi connectivity index (χ4v) is 3.44. The molecule has 0 aliphatic heterocycles. The van der Waals surface area contributed by atoms with Crippen LogP contribution in [-0.2, 0) is 0 Å². The van der Waals surface area contributed by atoms with E-state index < -0.39 is 0 Å².